The van der Waals surface area contributed by atoms with Crippen LogP contribution in [0.5, 0.6) is 0 Å². The highest BCUT2D eigenvalue weighted by molar-refractivity contribution is 7.09. The van der Waals surface area contributed by atoms with Crippen LogP contribution in [0.25, 0.3) is 0 Å². The van der Waals surface area contributed by atoms with Gasteiger partial charge in [0.05, 0.1) is 6.04 Å². The maximum absolute atomic E-state index is 4.44. The summed E-state index contributed by atoms with van der Waals surface area (Å²) in [6.45, 7) is 6.67. The van der Waals surface area contributed by atoms with E-state index in [0.29, 0.717) is 12.1 Å². The van der Waals surface area contributed by atoms with Crippen molar-refractivity contribution in [1.82, 2.24) is 10.3 Å². The third kappa shape index (κ3) is 6.18. The zero-order valence-electron chi connectivity index (χ0n) is 11.4. The summed E-state index contributed by atoms with van der Waals surface area (Å²) in [4.78, 5) is 4.44. The fraction of sp³-hybridized carbons (Fsp3) is 0.786. The fourth-order valence-corrected chi connectivity index (χ4v) is 2.77. The third-order valence-corrected chi connectivity index (χ3v) is 3.77. The van der Waals surface area contributed by atoms with E-state index in [1.165, 1.54) is 43.5 Å². The molecule has 1 atom stereocenters. The van der Waals surface area contributed by atoms with Crippen LogP contribution in [0, 0.1) is 0 Å². The Labute approximate surface area is 110 Å². The molecule has 1 N–H and O–H groups in total. The van der Waals surface area contributed by atoms with E-state index >= 15 is 0 Å². The van der Waals surface area contributed by atoms with Crippen LogP contribution < -0.4 is 5.32 Å². The monoisotopic (exact) mass is 254 g/mol. The molecule has 0 amide bonds. The highest BCUT2D eigenvalue weighted by Crippen LogP contribution is 2.22. The normalized spacial score (nSPS) is 13.2. The van der Waals surface area contributed by atoms with Crippen molar-refractivity contribution >= 4 is 11.3 Å². The van der Waals surface area contributed by atoms with Gasteiger partial charge in [0.15, 0.2) is 0 Å². The minimum atomic E-state index is 0.455. The predicted molar refractivity (Wildman–Crippen MR) is 76.5 cm³/mol. The van der Waals surface area contributed by atoms with Crippen molar-refractivity contribution in [2.45, 2.75) is 71.4 Å². The minimum Gasteiger partial charge on any atom is -0.306 e. The molecule has 3 heteroatoms. The Morgan fingerprint density at radius 3 is 2.59 bits per heavy atom. The standard InChI is InChI=1S/C14H26N2S/c1-4-5-6-7-8-9-13(16-12(2)3)14-15-10-11-17-14/h10-13,16H,4-9H2,1-3H3. The number of rotatable bonds is 9. The average molecular weight is 254 g/mol. The summed E-state index contributed by atoms with van der Waals surface area (Å²) >= 11 is 1.77. The van der Waals surface area contributed by atoms with Gasteiger partial charge in [0.2, 0.25) is 0 Å². The number of thiazole rings is 1. The molecule has 1 rings (SSSR count). The Kier molecular flexibility index (Phi) is 7.45. The molecular formula is C14H26N2S. The molecule has 0 aliphatic heterocycles. The minimum absolute atomic E-state index is 0.455. The Hall–Kier alpha value is -0.410. The lowest BCUT2D eigenvalue weighted by Gasteiger charge is -2.19. The van der Waals surface area contributed by atoms with E-state index in [-0.39, 0.29) is 0 Å². The molecule has 0 bridgehead atoms. The van der Waals surface area contributed by atoms with Crippen molar-refractivity contribution in [2.24, 2.45) is 0 Å². The lowest BCUT2D eigenvalue weighted by atomic mass is 10.1. The molecule has 0 aromatic carbocycles. The summed E-state index contributed by atoms with van der Waals surface area (Å²) in [6, 6.07) is 0.983. The highest BCUT2D eigenvalue weighted by atomic mass is 32.1. The van der Waals surface area contributed by atoms with Crippen molar-refractivity contribution in [3.8, 4) is 0 Å². The van der Waals surface area contributed by atoms with Gasteiger partial charge in [-0.3, -0.25) is 0 Å². The molecule has 0 saturated carbocycles. The quantitative estimate of drug-likeness (QED) is 0.654. The molecule has 1 heterocycles. The van der Waals surface area contributed by atoms with Gasteiger partial charge in [-0.25, -0.2) is 4.98 Å². The van der Waals surface area contributed by atoms with Crippen LogP contribution in [0.1, 0.15) is 70.3 Å². The molecule has 0 radical (unpaired) electrons. The second-order valence-corrected chi connectivity index (χ2v) is 5.87. The molecule has 1 aromatic heterocycles. The number of aromatic nitrogens is 1. The Bertz CT molecular complexity index is 270. The number of hydrogen-bond acceptors (Lipinski definition) is 3. The maximum atomic E-state index is 4.44. The van der Waals surface area contributed by atoms with Gasteiger partial charge in [-0.2, -0.15) is 0 Å². The molecule has 0 saturated heterocycles. The zero-order chi connectivity index (χ0) is 12.5. The maximum Gasteiger partial charge on any atom is 0.109 e. The van der Waals surface area contributed by atoms with Gasteiger partial charge in [-0.05, 0) is 6.42 Å². The summed E-state index contributed by atoms with van der Waals surface area (Å²) in [5.41, 5.74) is 0. The van der Waals surface area contributed by atoms with E-state index in [1.54, 1.807) is 11.3 Å². The van der Waals surface area contributed by atoms with E-state index in [9.17, 15) is 0 Å². The van der Waals surface area contributed by atoms with E-state index in [0.717, 1.165) is 0 Å². The van der Waals surface area contributed by atoms with E-state index in [4.69, 9.17) is 0 Å². The van der Waals surface area contributed by atoms with Gasteiger partial charge in [-0.15, -0.1) is 11.3 Å². The SMILES string of the molecule is CCCCCCCC(NC(C)C)c1nccs1. The van der Waals surface area contributed by atoms with Crippen LogP contribution in [-0.2, 0) is 0 Å². The fourth-order valence-electron chi connectivity index (χ4n) is 2.04. The molecular weight excluding hydrogens is 228 g/mol. The van der Waals surface area contributed by atoms with Gasteiger partial charge < -0.3 is 5.32 Å². The van der Waals surface area contributed by atoms with Crippen molar-refractivity contribution in [3.05, 3.63) is 16.6 Å². The molecule has 0 spiro atoms. The largest absolute Gasteiger partial charge is 0.306 e. The smallest absolute Gasteiger partial charge is 0.109 e. The van der Waals surface area contributed by atoms with Crippen LogP contribution in [0.15, 0.2) is 11.6 Å². The summed E-state index contributed by atoms with van der Waals surface area (Å²) in [5, 5.41) is 6.94. The molecule has 1 unspecified atom stereocenters. The van der Waals surface area contributed by atoms with Crippen LogP contribution in [0.3, 0.4) is 0 Å². The topological polar surface area (TPSA) is 24.9 Å². The predicted octanol–water partition coefficient (Wildman–Crippen LogP) is 4.54. The number of hydrogen-bond donors (Lipinski definition) is 1. The first-order chi connectivity index (χ1) is 8.24. The van der Waals surface area contributed by atoms with E-state index < -0.39 is 0 Å². The lowest BCUT2D eigenvalue weighted by molar-refractivity contribution is 0.430. The molecule has 17 heavy (non-hydrogen) atoms. The second-order valence-electron chi connectivity index (χ2n) is 4.95. The Morgan fingerprint density at radius 1 is 1.24 bits per heavy atom. The Morgan fingerprint density at radius 2 is 2.00 bits per heavy atom. The van der Waals surface area contributed by atoms with Crippen molar-refractivity contribution < 1.29 is 0 Å². The number of nitrogens with zero attached hydrogens (tertiary/aromatic N) is 1. The lowest BCUT2D eigenvalue weighted by Crippen LogP contribution is -2.28. The first kappa shape index (κ1) is 14.7. The van der Waals surface area contributed by atoms with Gasteiger partial charge in [0.25, 0.3) is 0 Å². The summed E-state index contributed by atoms with van der Waals surface area (Å²) in [5.74, 6) is 0. The molecule has 1 aromatic rings. The van der Waals surface area contributed by atoms with Crippen molar-refractivity contribution in [3.63, 3.8) is 0 Å². The van der Waals surface area contributed by atoms with Crippen molar-refractivity contribution in [2.75, 3.05) is 0 Å². The Balaban J connectivity index is 2.32. The molecule has 0 fully saturated rings. The van der Waals surface area contributed by atoms with Crippen LogP contribution >= 0.6 is 11.3 Å². The molecule has 2 nitrogen and oxygen atoms in total. The number of unbranched alkanes of at least 4 members (excludes halogenated alkanes) is 4. The van der Waals surface area contributed by atoms with E-state index in [2.05, 4.69) is 36.5 Å². The number of nitrogens with one attached hydrogen (secondary N) is 1. The van der Waals surface area contributed by atoms with Gasteiger partial charge in [-0.1, -0.05) is 52.9 Å². The second kappa shape index (κ2) is 8.65. The van der Waals surface area contributed by atoms with Gasteiger partial charge in [0, 0.05) is 17.6 Å². The molecule has 98 valence electrons. The zero-order valence-corrected chi connectivity index (χ0v) is 12.2. The molecule has 0 aliphatic carbocycles. The summed E-state index contributed by atoms with van der Waals surface area (Å²) in [6.07, 6.45) is 9.86. The van der Waals surface area contributed by atoms with Gasteiger partial charge >= 0.3 is 0 Å². The summed E-state index contributed by atoms with van der Waals surface area (Å²) in [7, 11) is 0. The van der Waals surface area contributed by atoms with Crippen LogP contribution in [-0.4, -0.2) is 11.0 Å². The molecule has 0 aliphatic rings. The summed E-state index contributed by atoms with van der Waals surface area (Å²) < 4.78 is 0. The van der Waals surface area contributed by atoms with E-state index in [1.807, 2.05) is 6.20 Å². The van der Waals surface area contributed by atoms with Gasteiger partial charge in [0.1, 0.15) is 5.01 Å². The highest BCUT2D eigenvalue weighted by Gasteiger charge is 2.14. The first-order valence-corrected chi connectivity index (χ1v) is 7.77. The third-order valence-electron chi connectivity index (χ3n) is 2.88. The first-order valence-electron chi connectivity index (χ1n) is 6.89. The average Bonchev–Trinajstić information content (AvgIpc) is 2.80. The van der Waals surface area contributed by atoms with Crippen LogP contribution in [0.4, 0.5) is 0 Å². The van der Waals surface area contributed by atoms with Crippen molar-refractivity contribution in [1.29, 1.82) is 0 Å². The van der Waals surface area contributed by atoms with Crippen LogP contribution in [0.2, 0.25) is 0 Å².